The van der Waals surface area contributed by atoms with Gasteiger partial charge in [0.15, 0.2) is 5.82 Å². The van der Waals surface area contributed by atoms with Gasteiger partial charge in [-0.15, -0.1) is 0 Å². The van der Waals surface area contributed by atoms with E-state index < -0.39 is 0 Å². The standard InChI is InChI=1S/C16H25N5O/c1-13(2)8-21(11-15-7-19-20(3)9-15)10-14-5-17-16(12-22-4)18-6-14/h5-7,9,13H,8,10-12H2,1-4H3. The maximum absolute atomic E-state index is 5.04. The molecular weight excluding hydrogens is 278 g/mol. The van der Waals surface area contributed by atoms with E-state index in [9.17, 15) is 0 Å². The molecule has 0 spiro atoms. The minimum absolute atomic E-state index is 0.450. The van der Waals surface area contributed by atoms with Crippen molar-refractivity contribution in [1.29, 1.82) is 0 Å². The van der Waals surface area contributed by atoms with Gasteiger partial charge >= 0.3 is 0 Å². The van der Waals surface area contributed by atoms with E-state index in [-0.39, 0.29) is 0 Å². The topological polar surface area (TPSA) is 56.1 Å². The molecule has 22 heavy (non-hydrogen) atoms. The zero-order chi connectivity index (χ0) is 15.9. The predicted octanol–water partition coefficient (Wildman–Crippen LogP) is 2.01. The minimum Gasteiger partial charge on any atom is -0.377 e. The van der Waals surface area contributed by atoms with Gasteiger partial charge in [-0.05, 0) is 5.92 Å². The van der Waals surface area contributed by atoms with Gasteiger partial charge in [-0.25, -0.2) is 9.97 Å². The Balaban J connectivity index is 2.02. The normalized spacial score (nSPS) is 11.5. The average molecular weight is 303 g/mol. The van der Waals surface area contributed by atoms with Crippen LogP contribution in [0.15, 0.2) is 24.8 Å². The molecular formula is C16H25N5O. The summed E-state index contributed by atoms with van der Waals surface area (Å²) in [5.41, 5.74) is 2.34. The Morgan fingerprint density at radius 3 is 2.36 bits per heavy atom. The number of methoxy groups -OCH3 is 1. The Kier molecular flexibility index (Phi) is 6.03. The fraction of sp³-hybridized carbons (Fsp3) is 0.562. The molecule has 0 amide bonds. The summed E-state index contributed by atoms with van der Waals surface area (Å²) in [6.07, 6.45) is 7.76. The second-order valence-corrected chi connectivity index (χ2v) is 6.03. The second kappa shape index (κ2) is 8.00. The van der Waals surface area contributed by atoms with Crippen LogP contribution in [0.3, 0.4) is 0 Å². The summed E-state index contributed by atoms with van der Waals surface area (Å²) in [5, 5.41) is 4.24. The van der Waals surface area contributed by atoms with Gasteiger partial charge in [0, 0.05) is 63.5 Å². The third-order valence-corrected chi connectivity index (χ3v) is 3.23. The molecule has 0 aliphatic rings. The second-order valence-electron chi connectivity index (χ2n) is 6.03. The van der Waals surface area contributed by atoms with Crippen molar-refractivity contribution in [3.63, 3.8) is 0 Å². The lowest BCUT2D eigenvalue weighted by atomic mass is 10.2. The summed E-state index contributed by atoms with van der Waals surface area (Å²) in [6, 6.07) is 0. The van der Waals surface area contributed by atoms with Gasteiger partial charge in [0.05, 0.1) is 6.20 Å². The Labute approximate surface area is 132 Å². The number of nitrogens with zero attached hydrogens (tertiary/aromatic N) is 5. The number of ether oxygens (including phenoxy) is 1. The van der Waals surface area contributed by atoms with E-state index in [4.69, 9.17) is 4.74 Å². The van der Waals surface area contributed by atoms with Crippen molar-refractivity contribution in [2.45, 2.75) is 33.5 Å². The van der Waals surface area contributed by atoms with Crippen LogP contribution in [0.5, 0.6) is 0 Å². The molecule has 0 fully saturated rings. The molecule has 0 bridgehead atoms. The molecule has 0 unspecified atom stereocenters. The summed E-state index contributed by atoms with van der Waals surface area (Å²) >= 11 is 0. The molecule has 0 aliphatic heterocycles. The van der Waals surface area contributed by atoms with Crippen molar-refractivity contribution >= 4 is 0 Å². The van der Waals surface area contributed by atoms with Crippen molar-refractivity contribution in [1.82, 2.24) is 24.6 Å². The number of rotatable bonds is 8. The van der Waals surface area contributed by atoms with Crippen molar-refractivity contribution in [3.8, 4) is 0 Å². The van der Waals surface area contributed by atoms with E-state index in [0.717, 1.165) is 25.2 Å². The lowest BCUT2D eigenvalue weighted by molar-refractivity contribution is 0.177. The Morgan fingerprint density at radius 2 is 1.82 bits per heavy atom. The van der Waals surface area contributed by atoms with E-state index in [2.05, 4.69) is 40.0 Å². The van der Waals surface area contributed by atoms with Crippen LogP contribution in [-0.4, -0.2) is 38.3 Å². The average Bonchev–Trinajstić information content (AvgIpc) is 2.86. The lowest BCUT2D eigenvalue weighted by Crippen LogP contribution is -2.27. The van der Waals surface area contributed by atoms with Gasteiger partial charge in [-0.3, -0.25) is 9.58 Å². The molecule has 0 N–H and O–H groups in total. The van der Waals surface area contributed by atoms with Crippen molar-refractivity contribution < 1.29 is 4.74 Å². The molecule has 2 rings (SSSR count). The monoisotopic (exact) mass is 303 g/mol. The molecule has 6 nitrogen and oxygen atoms in total. The smallest absolute Gasteiger partial charge is 0.153 e. The number of aromatic nitrogens is 4. The highest BCUT2D eigenvalue weighted by Gasteiger charge is 2.11. The highest BCUT2D eigenvalue weighted by atomic mass is 16.5. The zero-order valence-corrected chi connectivity index (χ0v) is 13.9. The third kappa shape index (κ3) is 5.20. The fourth-order valence-corrected chi connectivity index (χ4v) is 2.44. The molecule has 2 aromatic heterocycles. The SMILES string of the molecule is COCc1ncc(CN(Cc2cnn(C)c2)CC(C)C)cn1. The van der Waals surface area contributed by atoms with Crippen LogP contribution in [0.4, 0.5) is 0 Å². The summed E-state index contributed by atoms with van der Waals surface area (Å²) in [5.74, 6) is 1.32. The highest BCUT2D eigenvalue weighted by molar-refractivity contribution is 5.07. The van der Waals surface area contributed by atoms with Gasteiger partial charge in [-0.1, -0.05) is 13.8 Å². The van der Waals surface area contributed by atoms with Crippen molar-refractivity contribution in [2.24, 2.45) is 13.0 Å². The summed E-state index contributed by atoms with van der Waals surface area (Å²) in [7, 11) is 3.59. The predicted molar refractivity (Wildman–Crippen MR) is 84.9 cm³/mol. The number of hydrogen-bond donors (Lipinski definition) is 0. The van der Waals surface area contributed by atoms with Gasteiger partial charge in [0.25, 0.3) is 0 Å². The molecule has 0 aliphatic carbocycles. The highest BCUT2D eigenvalue weighted by Crippen LogP contribution is 2.11. The molecule has 2 aromatic rings. The molecule has 0 saturated carbocycles. The molecule has 2 heterocycles. The van der Waals surface area contributed by atoms with Gasteiger partial charge in [0.1, 0.15) is 6.61 Å². The first-order valence-corrected chi connectivity index (χ1v) is 7.55. The van der Waals surface area contributed by atoms with E-state index in [0.29, 0.717) is 18.3 Å². The van der Waals surface area contributed by atoms with Gasteiger partial charge in [0.2, 0.25) is 0 Å². The molecule has 0 atom stereocenters. The fourth-order valence-electron chi connectivity index (χ4n) is 2.44. The van der Waals surface area contributed by atoms with E-state index in [1.807, 2.05) is 30.3 Å². The van der Waals surface area contributed by atoms with Crippen LogP contribution in [-0.2, 0) is 31.5 Å². The van der Waals surface area contributed by atoms with Gasteiger partial charge in [-0.2, -0.15) is 5.10 Å². The van der Waals surface area contributed by atoms with Crippen molar-refractivity contribution in [3.05, 3.63) is 41.7 Å². The third-order valence-electron chi connectivity index (χ3n) is 3.23. The zero-order valence-electron chi connectivity index (χ0n) is 13.9. The van der Waals surface area contributed by atoms with Crippen LogP contribution < -0.4 is 0 Å². The Bertz CT molecular complexity index is 564. The van der Waals surface area contributed by atoms with E-state index in [1.54, 1.807) is 7.11 Å². The summed E-state index contributed by atoms with van der Waals surface area (Å²) in [4.78, 5) is 11.1. The molecule has 6 heteroatoms. The first kappa shape index (κ1) is 16.6. The first-order valence-electron chi connectivity index (χ1n) is 7.55. The van der Waals surface area contributed by atoms with E-state index in [1.165, 1.54) is 5.56 Å². The van der Waals surface area contributed by atoms with Crippen LogP contribution in [0, 0.1) is 5.92 Å². The van der Waals surface area contributed by atoms with Gasteiger partial charge < -0.3 is 4.74 Å². The molecule has 0 aromatic carbocycles. The summed E-state index contributed by atoms with van der Waals surface area (Å²) < 4.78 is 6.88. The summed E-state index contributed by atoms with van der Waals surface area (Å²) in [6.45, 7) is 7.65. The van der Waals surface area contributed by atoms with Crippen LogP contribution in [0.25, 0.3) is 0 Å². The maximum Gasteiger partial charge on any atom is 0.153 e. The van der Waals surface area contributed by atoms with Crippen LogP contribution in [0.2, 0.25) is 0 Å². The van der Waals surface area contributed by atoms with Crippen LogP contribution >= 0.6 is 0 Å². The maximum atomic E-state index is 5.04. The minimum atomic E-state index is 0.450. The number of hydrogen-bond acceptors (Lipinski definition) is 5. The lowest BCUT2D eigenvalue weighted by Gasteiger charge is -2.23. The molecule has 120 valence electrons. The number of aryl methyl sites for hydroxylation is 1. The van der Waals surface area contributed by atoms with E-state index >= 15 is 0 Å². The first-order chi connectivity index (χ1) is 10.6. The molecule has 0 radical (unpaired) electrons. The van der Waals surface area contributed by atoms with Crippen LogP contribution in [0.1, 0.15) is 30.8 Å². The quantitative estimate of drug-likeness (QED) is 0.747. The molecule has 0 saturated heterocycles. The Hall–Kier alpha value is -1.79. The van der Waals surface area contributed by atoms with Crippen molar-refractivity contribution in [2.75, 3.05) is 13.7 Å². The Morgan fingerprint density at radius 1 is 1.14 bits per heavy atom. The largest absolute Gasteiger partial charge is 0.377 e.